The topological polar surface area (TPSA) is 77.5 Å². The van der Waals surface area contributed by atoms with Gasteiger partial charge >= 0.3 is 5.97 Å². The summed E-state index contributed by atoms with van der Waals surface area (Å²) in [5.74, 6) is 0.241. The van der Waals surface area contributed by atoms with Crippen LogP contribution in [0.5, 0.6) is 11.6 Å². The molecule has 6 heteroatoms. The number of nitrogens with one attached hydrogen (secondary N) is 1. The van der Waals surface area contributed by atoms with Gasteiger partial charge in [0.1, 0.15) is 5.75 Å². The van der Waals surface area contributed by atoms with Gasteiger partial charge in [-0.1, -0.05) is 12.1 Å². The Kier molecular flexibility index (Phi) is 5.24. The van der Waals surface area contributed by atoms with E-state index < -0.39 is 5.97 Å². The fourth-order valence-electron chi connectivity index (χ4n) is 2.24. The summed E-state index contributed by atoms with van der Waals surface area (Å²) in [5.41, 5.74) is 1.42. The fourth-order valence-corrected chi connectivity index (χ4v) is 2.24. The Morgan fingerprint density at radius 3 is 2.42 bits per heavy atom. The standard InChI is InChI=1S/C20H16N2O4/c1-25-20(24)14-8-10-16(11-9-14)22-19(23)15-5-4-6-17(13-15)26-18-7-2-3-12-21-18/h2-13H,1H3,(H,22,23). The number of ether oxygens (including phenoxy) is 2. The number of nitrogens with zero attached hydrogens (tertiary/aromatic N) is 1. The Morgan fingerprint density at radius 1 is 0.923 bits per heavy atom. The maximum absolute atomic E-state index is 12.4. The number of anilines is 1. The maximum Gasteiger partial charge on any atom is 0.337 e. The van der Waals surface area contributed by atoms with Crippen LogP contribution in [0.25, 0.3) is 0 Å². The highest BCUT2D eigenvalue weighted by atomic mass is 16.5. The smallest absolute Gasteiger partial charge is 0.337 e. The molecule has 1 heterocycles. The van der Waals surface area contributed by atoms with Crippen molar-refractivity contribution >= 4 is 17.6 Å². The molecule has 0 aliphatic carbocycles. The molecule has 0 radical (unpaired) electrons. The minimum Gasteiger partial charge on any atom is -0.465 e. The first-order chi connectivity index (χ1) is 12.7. The summed E-state index contributed by atoms with van der Waals surface area (Å²) >= 11 is 0. The molecule has 0 fully saturated rings. The summed E-state index contributed by atoms with van der Waals surface area (Å²) in [6.45, 7) is 0. The Morgan fingerprint density at radius 2 is 1.73 bits per heavy atom. The molecule has 0 saturated carbocycles. The molecule has 6 nitrogen and oxygen atoms in total. The van der Waals surface area contributed by atoms with Crippen LogP contribution < -0.4 is 10.1 Å². The first-order valence-electron chi connectivity index (χ1n) is 7.84. The van der Waals surface area contributed by atoms with Crippen molar-refractivity contribution < 1.29 is 19.1 Å². The minimum absolute atomic E-state index is 0.290. The van der Waals surface area contributed by atoms with Crippen LogP contribution in [0.15, 0.2) is 72.9 Å². The number of methoxy groups -OCH3 is 1. The Hall–Kier alpha value is -3.67. The van der Waals surface area contributed by atoms with E-state index in [1.54, 1.807) is 66.9 Å². The van der Waals surface area contributed by atoms with Crippen LogP contribution >= 0.6 is 0 Å². The minimum atomic E-state index is -0.428. The van der Waals surface area contributed by atoms with Gasteiger partial charge in [-0.05, 0) is 48.5 Å². The van der Waals surface area contributed by atoms with E-state index in [-0.39, 0.29) is 5.91 Å². The van der Waals surface area contributed by atoms with Crippen LogP contribution in [0.1, 0.15) is 20.7 Å². The molecule has 3 rings (SSSR count). The van der Waals surface area contributed by atoms with Gasteiger partial charge in [-0.25, -0.2) is 9.78 Å². The van der Waals surface area contributed by atoms with E-state index >= 15 is 0 Å². The predicted molar refractivity (Wildman–Crippen MR) is 96.5 cm³/mol. The van der Waals surface area contributed by atoms with Crippen molar-refractivity contribution in [2.75, 3.05) is 12.4 Å². The normalized spacial score (nSPS) is 10.0. The zero-order valence-electron chi connectivity index (χ0n) is 14.0. The van der Waals surface area contributed by atoms with E-state index in [1.807, 2.05) is 6.07 Å². The van der Waals surface area contributed by atoms with Crippen LogP contribution in [0.2, 0.25) is 0 Å². The van der Waals surface area contributed by atoms with Crippen LogP contribution in [-0.4, -0.2) is 24.0 Å². The van der Waals surface area contributed by atoms with Crippen molar-refractivity contribution in [2.45, 2.75) is 0 Å². The summed E-state index contributed by atoms with van der Waals surface area (Å²) in [7, 11) is 1.32. The highest BCUT2D eigenvalue weighted by Crippen LogP contribution is 2.21. The Balaban J connectivity index is 1.70. The molecule has 0 saturated heterocycles. The number of esters is 1. The molecule has 2 aromatic carbocycles. The quantitative estimate of drug-likeness (QED) is 0.707. The average molecular weight is 348 g/mol. The number of benzene rings is 2. The molecule has 1 amide bonds. The zero-order valence-corrected chi connectivity index (χ0v) is 14.0. The molecule has 0 atom stereocenters. The van der Waals surface area contributed by atoms with E-state index in [0.29, 0.717) is 28.4 Å². The summed E-state index contributed by atoms with van der Waals surface area (Å²) in [6, 6.07) is 18.6. The Bertz CT molecular complexity index is 909. The van der Waals surface area contributed by atoms with Gasteiger partial charge in [-0.2, -0.15) is 0 Å². The molecule has 1 aromatic heterocycles. The van der Waals surface area contributed by atoms with Crippen LogP contribution in [0.4, 0.5) is 5.69 Å². The van der Waals surface area contributed by atoms with Crippen molar-refractivity contribution in [3.8, 4) is 11.6 Å². The lowest BCUT2D eigenvalue weighted by molar-refractivity contribution is 0.0600. The maximum atomic E-state index is 12.4. The molecule has 0 spiro atoms. The van der Waals surface area contributed by atoms with Gasteiger partial charge in [-0.15, -0.1) is 0 Å². The van der Waals surface area contributed by atoms with Crippen LogP contribution in [-0.2, 0) is 4.74 Å². The van der Waals surface area contributed by atoms with Crippen molar-refractivity contribution in [3.63, 3.8) is 0 Å². The molecule has 0 bridgehead atoms. The number of rotatable bonds is 5. The van der Waals surface area contributed by atoms with Gasteiger partial charge in [0, 0.05) is 23.5 Å². The average Bonchev–Trinajstić information content (AvgIpc) is 2.69. The van der Waals surface area contributed by atoms with Gasteiger partial charge in [0.25, 0.3) is 5.91 Å². The molecule has 130 valence electrons. The number of amides is 1. The van der Waals surface area contributed by atoms with E-state index in [4.69, 9.17) is 4.74 Å². The molecule has 0 unspecified atom stereocenters. The number of carbonyl (C=O) groups excluding carboxylic acids is 2. The number of hydrogen-bond donors (Lipinski definition) is 1. The molecule has 26 heavy (non-hydrogen) atoms. The van der Waals surface area contributed by atoms with E-state index in [2.05, 4.69) is 15.0 Å². The zero-order chi connectivity index (χ0) is 18.4. The second kappa shape index (κ2) is 7.94. The first kappa shape index (κ1) is 17.2. The summed E-state index contributed by atoms with van der Waals surface area (Å²) in [6.07, 6.45) is 1.63. The number of pyridine rings is 1. The molecular formula is C20H16N2O4. The van der Waals surface area contributed by atoms with Gasteiger partial charge in [0.15, 0.2) is 0 Å². The molecule has 0 aliphatic heterocycles. The second-order valence-corrected chi connectivity index (χ2v) is 5.32. The molecule has 3 aromatic rings. The highest BCUT2D eigenvalue weighted by molar-refractivity contribution is 6.04. The number of hydrogen-bond acceptors (Lipinski definition) is 5. The third kappa shape index (κ3) is 4.24. The Labute approximate surface area is 150 Å². The number of carbonyl (C=O) groups is 2. The number of aromatic nitrogens is 1. The summed E-state index contributed by atoms with van der Waals surface area (Å²) in [5, 5.41) is 2.77. The summed E-state index contributed by atoms with van der Waals surface area (Å²) in [4.78, 5) is 27.9. The predicted octanol–water partition coefficient (Wildman–Crippen LogP) is 3.91. The van der Waals surface area contributed by atoms with E-state index in [0.717, 1.165) is 0 Å². The van der Waals surface area contributed by atoms with Crippen molar-refractivity contribution in [1.82, 2.24) is 4.98 Å². The van der Waals surface area contributed by atoms with Crippen molar-refractivity contribution in [3.05, 3.63) is 84.1 Å². The summed E-state index contributed by atoms with van der Waals surface area (Å²) < 4.78 is 10.3. The second-order valence-electron chi connectivity index (χ2n) is 5.32. The third-order valence-corrected chi connectivity index (χ3v) is 3.52. The van der Waals surface area contributed by atoms with Gasteiger partial charge in [0.2, 0.25) is 5.88 Å². The first-order valence-corrected chi connectivity index (χ1v) is 7.84. The monoisotopic (exact) mass is 348 g/mol. The lowest BCUT2D eigenvalue weighted by Gasteiger charge is -2.08. The third-order valence-electron chi connectivity index (χ3n) is 3.52. The van der Waals surface area contributed by atoms with Crippen LogP contribution in [0, 0.1) is 0 Å². The van der Waals surface area contributed by atoms with Gasteiger partial charge in [-0.3, -0.25) is 4.79 Å². The van der Waals surface area contributed by atoms with E-state index in [1.165, 1.54) is 7.11 Å². The lowest BCUT2D eigenvalue weighted by Crippen LogP contribution is -2.12. The van der Waals surface area contributed by atoms with E-state index in [9.17, 15) is 9.59 Å². The molecule has 1 N–H and O–H groups in total. The lowest BCUT2D eigenvalue weighted by atomic mass is 10.1. The van der Waals surface area contributed by atoms with Crippen molar-refractivity contribution in [1.29, 1.82) is 0 Å². The molecule has 0 aliphatic rings. The van der Waals surface area contributed by atoms with Gasteiger partial charge < -0.3 is 14.8 Å². The molecular weight excluding hydrogens is 332 g/mol. The van der Waals surface area contributed by atoms with Gasteiger partial charge in [0.05, 0.1) is 12.7 Å². The van der Waals surface area contributed by atoms with Crippen molar-refractivity contribution in [2.24, 2.45) is 0 Å². The fraction of sp³-hybridized carbons (Fsp3) is 0.0500. The largest absolute Gasteiger partial charge is 0.465 e. The highest BCUT2D eigenvalue weighted by Gasteiger charge is 2.09. The van der Waals surface area contributed by atoms with Crippen LogP contribution in [0.3, 0.4) is 0 Å². The SMILES string of the molecule is COC(=O)c1ccc(NC(=O)c2cccc(Oc3ccccn3)c2)cc1.